The first kappa shape index (κ1) is 9.52. The number of benzene rings is 1. The molecule has 2 aromatic rings. The van der Waals surface area contributed by atoms with Crippen molar-refractivity contribution in [3.8, 4) is 5.75 Å². The summed E-state index contributed by atoms with van der Waals surface area (Å²) in [5, 5.41) is 12.7. The number of para-hydroxylation sites is 1. The highest BCUT2D eigenvalue weighted by atomic mass is 16.3. The van der Waals surface area contributed by atoms with Gasteiger partial charge in [0.15, 0.2) is 0 Å². The Balaban J connectivity index is 2.03. The molecule has 0 radical (unpaired) electrons. The maximum atomic E-state index is 9.54. The van der Waals surface area contributed by atoms with Crippen molar-refractivity contribution < 1.29 is 5.11 Å². The summed E-state index contributed by atoms with van der Waals surface area (Å²) in [6.07, 6.45) is 3.46. The number of aromatic hydroxyl groups is 1. The number of pyridine rings is 1. The Morgan fingerprint density at radius 3 is 2.53 bits per heavy atom. The van der Waals surface area contributed by atoms with Crippen molar-refractivity contribution >= 4 is 5.69 Å². The van der Waals surface area contributed by atoms with E-state index in [4.69, 9.17) is 0 Å². The quantitative estimate of drug-likeness (QED) is 0.799. The Labute approximate surface area is 88.4 Å². The lowest BCUT2D eigenvalue weighted by Gasteiger charge is -2.07. The second-order valence-corrected chi connectivity index (χ2v) is 3.22. The fourth-order valence-corrected chi connectivity index (χ4v) is 1.33. The number of phenolic OH excluding ortho intramolecular Hbond substituents is 1. The van der Waals surface area contributed by atoms with Gasteiger partial charge in [-0.1, -0.05) is 18.2 Å². The molecule has 2 rings (SSSR count). The van der Waals surface area contributed by atoms with E-state index < -0.39 is 0 Å². The molecular weight excluding hydrogens is 188 g/mol. The lowest BCUT2D eigenvalue weighted by atomic mass is 10.2. The molecule has 0 aliphatic carbocycles. The average molecular weight is 200 g/mol. The molecule has 76 valence electrons. The van der Waals surface area contributed by atoms with Crippen molar-refractivity contribution in [2.45, 2.75) is 6.54 Å². The van der Waals surface area contributed by atoms with Gasteiger partial charge < -0.3 is 10.4 Å². The summed E-state index contributed by atoms with van der Waals surface area (Å²) in [5.74, 6) is 0.319. The van der Waals surface area contributed by atoms with E-state index in [2.05, 4.69) is 10.3 Å². The van der Waals surface area contributed by atoms with Crippen LogP contribution in [0.2, 0.25) is 0 Å². The number of hydrogen-bond acceptors (Lipinski definition) is 3. The van der Waals surface area contributed by atoms with Crippen LogP contribution in [0.5, 0.6) is 5.75 Å². The van der Waals surface area contributed by atoms with Gasteiger partial charge in [0, 0.05) is 30.2 Å². The summed E-state index contributed by atoms with van der Waals surface area (Å²) in [4.78, 5) is 3.93. The zero-order valence-corrected chi connectivity index (χ0v) is 8.22. The number of nitrogens with one attached hydrogen (secondary N) is 1. The Morgan fingerprint density at radius 1 is 1.07 bits per heavy atom. The molecule has 3 heteroatoms. The van der Waals surface area contributed by atoms with Crippen molar-refractivity contribution in [3.63, 3.8) is 0 Å². The second kappa shape index (κ2) is 4.46. The van der Waals surface area contributed by atoms with Gasteiger partial charge in [0.1, 0.15) is 5.75 Å². The van der Waals surface area contributed by atoms with Crippen LogP contribution in [0.4, 0.5) is 5.69 Å². The van der Waals surface area contributed by atoms with Gasteiger partial charge in [0.2, 0.25) is 0 Å². The molecule has 3 nitrogen and oxygen atoms in total. The maximum absolute atomic E-state index is 9.54. The van der Waals surface area contributed by atoms with Gasteiger partial charge in [-0.15, -0.1) is 0 Å². The Kier molecular flexibility index (Phi) is 2.83. The number of nitrogens with zero attached hydrogens (tertiary/aromatic N) is 1. The zero-order valence-electron chi connectivity index (χ0n) is 8.22. The van der Waals surface area contributed by atoms with Crippen LogP contribution in [0.15, 0.2) is 48.8 Å². The monoisotopic (exact) mass is 200 g/mol. The molecule has 15 heavy (non-hydrogen) atoms. The molecule has 0 saturated heterocycles. The lowest BCUT2D eigenvalue weighted by molar-refractivity contribution is 0.469. The molecule has 0 atom stereocenters. The van der Waals surface area contributed by atoms with Gasteiger partial charge in [0.05, 0.1) is 0 Å². The molecule has 0 fully saturated rings. The molecule has 0 spiro atoms. The number of phenols is 1. The highest BCUT2D eigenvalue weighted by molar-refractivity contribution is 5.43. The van der Waals surface area contributed by atoms with Gasteiger partial charge in [-0.25, -0.2) is 0 Å². The van der Waals surface area contributed by atoms with E-state index in [0.29, 0.717) is 12.3 Å². The van der Waals surface area contributed by atoms with Gasteiger partial charge in [-0.2, -0.15) is 0 Å². The van der Waals surface area contributed by atoms with Gasteiger partial charge >= 0.3 is 0 Å². The van der Waals surface area contributed by atoms with Crippen LogP contribution in [-0.2, 0) is 6.54 Å². The SMILES string of the molecule is Oc1ccccc1CNc1ccncc1. The first-order chi connectivity index (χ1) is 7.36. The Morgan fingerprint density at radius 2 is 1.80 bits per heavy atom. The zero-order chi connectivity index (χ0) is 10.5. The highest BCUT2D eigenvalue weighted by Gasteiger charge is 1.98. The molecule has 1 aromatic carbocycles. The van der Waals surface area contributed by atoms with Gasteiger partial charge in [0.25, 0.3) is 0 Å². The predicted molar refractivity (Wildman–Crippen MR) is 59.7 cm³/mol. The molecule has 1 aromatic heterocycles. The van der Waals surface area contributed by atoms with E-state index in [9.17, 15) is 5.11 Å². The molecule has 0 aliphatic heterocycles. The van der Waals surface area contributed by atoms with Crippen LogP contribution < -0.4 is 5.32 Å². The summed E-state index contributed by atoms with van der Waals surface area (Å²) in [6.45, 7) is 0.608. The third kappa shape index (κ3) is 2.47. The maximum Gasteiger partial charge on any atom is 0.120 e. The van der Waals surface area contributed by atoms with Crippen LogP contribution in [0, 0.1) is 0 Å². The van der Waals surface area contributed by atoms with Crippen molar-refractivity contribution in [1.29, 1.82) is 0 Å². The summed E-state index contributed by atoms with van der Waals surface area (Å²) < 4.78 is 0. The van der Waals surface area contributed by atoms with Crippen LogP contribution >= 0.6 is 0 Å². The molecule has 0 saturated carbocycles. The molecule has 0 amide bonds. The average Bonchev–Trinajstić information content (AvgIpc) is 2.29. The minimum atomic E-state index is 0.319. The molecule has 2 N–H and O–H groups in total. The first-order valence-electron chi connectivity index (χ1n) is 4.77. The van der Waals surface area contributed by atoms with E-state index in [1.54, 1.807) is 18.5 Å². The standard InChI is InChI=1S/C12H12N2O/c15-12-4-2-1-3-10(12)9-14-11-5-7-13-8-6-11/h1-8,15H,9H2,(H,13,14). The molecule has 0 bridgehead atoms. The summed E-state index contributed by atoms with van der Waals surface area (Å²) in [6, 6.07) is 11.1. The van der Waals surface area contributed by atoms with E-state index in [1.807, 2.05) is 30.3 Å². The van der Waals surface area contributed by atoms with Crippen LogP contribution in [0.1, 0.15) is 5.56 Å². The van der Waals surface area contributed by atoms with Crippen molar-refractivity contribution in [3.05, 3.63) is 54.4 Å². The van der Waals surface area contributed by atoms with Crippen molar-refractivity contribution in [2.75, 3.05) is 5.32 Å². The van der Waals surface area contributed by atoms with Crippen LogP contribution in [0.25, 0.3) is 0 Å². The number of anilines is 1. The molecular formula is C12H12N2O. The topological polar surface area (TPSA) is 45.1 Å². The highest BCUT2D eigenvalue weighted by Crippen LogP contribution is 2.16. The molecule has 0 aliphatic rings. The number of aromatic nitrogens is 1. The number of hydrogen-bond donors (Lipinski definition) is 2. The summed E-state index contributed by atoms with van der Waals surface area (Å²) in [7, 11) is 0. The minimum Gasteiger partial charge on any atom is -0.508 e. The van der Waals surface area contributed by atoms with E-state index in [0.717, 1.165) is 11.3 Å². The van der Waals surface area contributed by atoms with Gasteiger partial charge in [-0.05, 0) is 18.2 Å². The third-order valence-corrected chi connectivity index (χ3v) is 2.15. The summed E-state index contributed by atoms with van der Waals surface area (Å²) >= 11 is 0. The fourth-order valence-electron chi connectivity index (χ4n) is 1.33. The third-order valence-electron chi connectivity index (χ3n) is 2.15. The smallest absolute Gasteiger partial charge is 0.120 e. The Hall–Kier alpha value is -2.03. The predicted octanol–water partition coefficient (Wildman–Crippen LogP) is 2.40. The van der Waals surface area contributed by atoms with Crippen LogP contribution in [-0.4, -0.2) is 10.1 Å². The molecule has 0 unspecified atom stereocenters. The Bertz CT molecular complexity index is 429. The van der Waals surface area contributed by atoms with E-state index in [1.165, 1.54) is 0 Å². The minimum absolute atomic E-state index is 0.319. The summed E-state index contributed by atoms with van der Waals surface area (Å²) in [5.41, 5.74) is 1.88. The number of rotatable bonds is 3. The lowest BCUT2D eigenvalue weighted by Crippen LogP contribution is -1.99. The van der Waals surface area contributed by atoms with Crippen LogP contribution in [0.3, 0.4) is 0 Å². The van der Waals surface area contributed by atoms with Crippen molar-refractivity contribution in [2.24, 2.45) is 0 Å². The van der Waals surface area contributed by atoms with E-state index in [-0.39, 0.29) is 0 Å². The van der Waals surface area contributed by atoms with Crippen molar-refractivity contribution in [1.82, 2.24) is 4.98 Å². The molecule has 1 heterocycles. The largest absolute Gasteiger partial charge is 0.508 e. The second-order valence-electron chi connectivity index (χ2n) is 3.22. The first-order valence-corrected chi connectivity index (χ1v) is 4.77. The van der Waals surface area contributed by atoms with E-state index >= 15 is 0 Å². The fraction of sp³-hybridized carbons (Fsp3) is 0.0833. The normalized spacial score (nSPS) is 9.87. The van der Waals surface area contributed by atoms with Gasteiger partial charge in [-0.3, -0.25) is 4.98 Å².